The van der Waals surface area contributed by atoms with Crippen molar-refractivity contribution in [3.63, 3.8) is 0 Å². The van der Waals surface area contributed by atoms with E-state index in [1.54, 1.807) is 0 Å². The Kier molecular flexibility index (Phi) is 4.97. The van der Waals surface area contributed by atoms with Gasteiger partial charge in [0.15, 0.2) is 0 Å². The minimum Gasteiger partial charge on any atom is -0.444 e. The normalized spacial score (nSPS) is 14.9. The molecule has 146 valence electrons. The van der Waals surface area contributed by atoms with Gasteiger partial charge in [0.1, 0.15) is 11.4 Å². The van der Waals surface area contributed by atoms with E-state index in [1.807, 2.05) is 58.6 Å². The maximum atomic E-state index is 12.2. The second kappa shape index (κ2) is 6.94. The summed E-state index contributed by atoms with van der Waals surface area (Å²) in [5.41, 5.74) is 1.92. The molecule has 0 unspecified atom stereocenters. The number of carbonyl (C=O) groups excluding carboxylic acids is 1. The lowest BCUT2D eigenvalue weighted by atomic mass is 10.1. The minimum absolute atomic E-state index is 0.428. The Bertz CT molecular complexity index is 814. The van der Waals surface area contributed by atoms with Gasteiger partial charge in [0, 0.05) is 23.9 Å². The van der Waals surface area contributed by atoms with Gasteiger partial charge < -0.3 is 10.1 Å². The van der Waals surface area contributed by atoms with Gasteiger partial charge >= 0.3 is 6.09 Å². The molecule has 1 N–H and O–H groups in total. The number of ether oxygens (including phenoxy) is 1. The Morgan fingerprint density at radius 2 is 1.85 bits per heavy atom. The van der Waals surface area contributed by atoms with Gasteiger partial charge in [-0.05, 0) is 60.5 Å². The molecular weight excluding hydrogens is 342 g/mol. The van der Waals surface area contributed by atoms with Crippen LogP contribution in [0.4, 0.5) is 4.79 Å². The highest BCUT2D eigenvalue weighted by molar-refractivity contribution is 5.68. The van der Waals surface area contributed by atoms with E-state index in [0.717, 1.165) is 22.8 Å². The first-order valence-corrected chi connectivity index (χ1v) is 9.40. The molecule has 0 aliphatic heterocycles. The molecule has 1 amide bonds. The smallest absolute Gasteiger partial charge is 0.408 e. The van der Waals surface area contributed by atoms with Crippen LogP contribution in [0.2, 0.25) is 0 Å². The molecule has 7 heteroatoms. The molecule has 1 saturated carbocycles. The van der Waals surface area contributed by atoms with Crippen LogP contribution in [-0.2, 0) is 11.3 Å². The highest BCUT2D eigenvalue weighted by Gasteiger charge is 2.30. The van der Waals surface area contributed by atoms with Crippen molar-refractivity contribution in [1.29, 1.82) is 0 Å². The van der Waals surface area contributed by atoms with E-state index in [9.17, 15) is 4.79 Å². The molecule has 0 bridgehead atoms. The van der Waals surface area contributed by atoms with E-state index in [4.69, 9.17) is 9.84 Å². The molecule has 0 aromatic carbocycles. The molecule has 2 heterocycles. The molecular formula is C20H29N5O2. The lowest BCUT2D eigenvalue weighted by Crippen LogP contribution is -2.48. The van der Waals surface area contributed by atoms with Crippen molar-refractivity contribution in [2.24, 2.45) is 0 Å². The van der Waals surface area contributed by atoms with Crippen molar-refractivity contribution in [2.45, 2.75) is 78.0 Å². The molecule has 1 aliphatic rings. The third kappa shape index (κ3) is 5.28. The number of amides is 1. The molecule has 2 aromatic heterocycles. The Morgan fingerprint density at radius 3 is 2.41 bits per heavy atom. The van der Waals surface area contributed by atoms with E-state index >= 15 is 0 Å². The summed E-state index contributed by atoms with van der Waals surface area (Å²) in [7, 11) is 0. The van der Waals surface area contributed by atoms with Crippen LogP contribution in [-0.4, -0.2) is 37.0 Å². The third-order valence-corrected chi connectivity index (χ3v) is 4.26. The predicted octanol–water partition coefficient (Wildman–Crippen LogP) is 3.83. The quantitative estimate of drug-likeness (QED) is 0.864. The molecule has 3 rings (SSSR count). The van der Waals surface area contributed by atoms with Crippen molar-refractivity contribution in [3.8, 4) is 11.3 Å². The van der Waals surface area contributed by atoms with Crippen LogP contribution in [0, 0.1) is 6.92 Å². The second-order valence-electron chi connectivity index (χ2n) is 8.92. The van der Waals surface area contributed by atoms with Gasteiger partial charge in [-0.3, -0.25) is 4.68 Å². The van der Waals surface area contributed by atoms with Crippen molar-refractivity contribution >= 4 is 6.09 Å². The summed E-state index contributed by atoms with van der Waals surface area (Å²) < 4.78 is 7.34. The first-order chi connectivity index (χ1) is 12.5. The average molecular weight is 371 g/mol. The lowest BCUT2D eigenvalue weighted by molar-refractivity contribution is 0.0462. The number of nitrogens with zero attached hydrogens (tertiary/aromatic N) is 4. The first kappa shape index (κ1) is 19.3. The zero-order chi connectivity index (χ0) is 19.8. The van der Waals surface area contributed by atoms with Crippen LogP contribution >= 0.6 is 0 Å². The summed E-state index contributed by atoms with van der Waals surface area (Å²) in [6.45, 7) is 11.9. The fourth-order valence-electron chi connectivity index (χ4n) is 2.89. The monoisotopic (exact) mass is 371 g/mol. The first-order valence-electron chi connectivity index (χ1n) is 9.40. The SMILES string of the molecule is Cc1ncc(-c2cc(C3CC3)nn2CC(C)(C)NC(=O)OC(C)(C)C)cn1. The van der Waals surface area contributed by atoms with E-state index < -0.39 is 17.2 Å². The van der Waals surface area contributed by atoms with E-state index in [1.165, 1.54) is 12.8 Å². The van der Waals surface area contributed by atoms with Crippen molar-refractivity contribution in [3.05, 3.63) is 30.0 Å². The summed E-state index contributed by atoms with van der Waals surface area (Å²) in [6, 6.07) is 2.12. The number of alkyl carbamates (subject to hydrolysis) is 1. The summed E-state index contributed by atoms with van der Waals surface area (Å²) in [4.78, 5) is 20.8. The predicted molar refractivity (Wildman–Crippen MR) is 103 cm³/mol. The molecule has 0 saturated heterocycles. The van der Waals surface area contributed by atoms with Crippen molar-refractivity contribution < 1.29 is 9.53 Å². The molecule has 1 fully saturated rings. The fourth-order valence-corrected chi connectivity index (χ4v) is 2.89. The zero-order valence-corrected chi connectivity index (χ0v) is 17.0. The van der Waals surface area contributed by atoms with Gasteiger partial charge in [0.05, 0.1) is 23.5 Å². The highest BCUT2D eigenvalue weighted by atomic mass is 16.6. The van der Waals surface area contributed by atoms with E-state index in [-0.39, 0.29) is 0 Å². The van der Waals surface area contributed by atoms with E-state index in [2.05, 4.69) is 21.4 Å². The van der Waals surface area contributed by atoms with Gasteiger partial charge in [-0.15, -0.1) is 0 Å². The maximum absolute atomic E-state index is 12.2. The number of rotatable bonds is 5. The summed E-state index contributed by atoms with van der Waals surface area (Å²) in [5, 5.41) is 7.76. The van der Waals surface area contributed by atoms with Gasteiger partial charge in [0.25, 0.3) is 0 Å². The molecule has 2 aromatic rings. The number of aromatic nitrogens is 4. The summed E-state index contributed by atoms with van der Waals surface area (Å²) in [5.74, 6) is 1.28. The van der Waals surface area contributed by atoms with E-state index in [0.29, 0.717) is 12.5 Å². The Hall–Kier alpha value is -2.44. The maximum Gasteiger partial charge on any atom is 0.408 e. The molecule has 0 atom stereocenters. The highest BCUT2D eigenvalue weighted by Crippen LogP contribution is 2.40. The number of nitrogens with one attached hydrogen (secondary N) is 1. The summed E-state index contributed by atoms with van der Waals surface area (Å²) >= 11 is 0. The van der Waals surface area contributed by atoms with Crippen LogP contribution in [0.25, 0.3) is 11.3 Å². The molecule has 7 nitrogen and oxygen atoms in total. The summed E-state index contributed by atoms with van der Waals surface area (Å²) in [6.07, 6.45) is 5.57. The molecule has 1 aliphatic carbocycles. The van der Waals surface area contributed by atoms with Crippen LogP contribution in [0.1, 0.15) is 64.9 Å². The Labute approximate surface area is 160 Å². The van der Waals surface area contributed by atoms with Gasteiger partial charge in [-0.2, -0.15) is 5.10 Å². The largest absolute Gasteiger partial charge is 0.444 e. The molecule has 0 radical (unpaired) electrons. The second-order valence-corrected chi connectivity index (χ2v) is 8.92. The minimum atomic E-state index is -0.532. The van der Waals surface area contributed by atoms with Crippen LogP contribution in [0.3, 0.4) is 0 Å². The van der Waals surface area contributed by atoms with Crippen LogP contribution < -0.4 is 5.32 Å². The standard InChI is InChI=1S/C20H29N5O2/c1-13-21-10-15(11-22-13)17-9-16(14-7-8-14)24-25(17)12-20(5,6)23-18(26)27-19(2,3)4/h9-11,14H,7-8,12H2,1-6H3,(H,23,26). The number of hydrogen-bond acceptors (Lipinski definition) is 5. The molecule has 0 spiro atoms. The fraction of sp³-hybridized carbons (Fsp3) is 0.600. The lowest BCUT2D eigenvalue weighted by Gasteiger charge is -2.29. The Balaban J connectivity index is 1.82. The van der Waals surface area contributed by atoms with Crippen LogP contribution in [0.5, 0.6) is 0 Å². The van der Waals surface area contributed by atoms with Crippen molar-refractivity contribution in [1.82, 2.24) is 25.1 Å². The van der Waals surface area contributed by atoms with Crippen molar-refractivity contribution in [2.75, 3.05) is 0 Å². The van der Waals surface area contributed by atoms with Gasteiger partial charge in [0.2, 0.25) is 0 Å². The number of hydrogen-bond donors (Lipinski definition) is 1. The zero-order valence-electron chi connectivity index (χ0n) is 17.0. The Morgan fingerprint density at radius 1 is 1.22 bits per heavy atom. The van der Waals surface area contributed by atoms with Crippen LogP contribution in [0.15, 0.2) is 18.5 Å². The average Bonchev–Trinajstić information content (AvgIpc) is 3.27. The number of carbonyl (C=O) groups is 1. The number of aryl methyl sites for hydroxylation is 1. The van der Waals surface area contributed by atoms with Gasteiger partial charge in [-0.1, -0.05) is 0 Å². The van der Waals surface area contributed by atoms with Gasteiger partial charge in [-0.25, -0.2) is 14.8 Å². The topological polar surface area (TPSA) is 81.9 Å². The molecule has 27 heavy (non-hydrogen) atoms. The third-order valence-electron chi connectivity index (χ3n) is 4.26.